The molecule has 1 aromatic rings. The second-order valence-corrected chi connectivity index (χ2v) is 6.66. The first-order chi connectivity index (χ1) is 11.1. The third kappa shape index (κ3) is 3.64. The van der Waals surface area contributed by atoms with Gasteiger partial charge in [-0.3, -0.25) is 9.69 Å². The average molecular weight is 318 g/mol. The second kappa shape index (κ2) is 6.84. The number of nitrogen functional groups attached to an aromatic ring is 1. The molecule has 2 fully saturated rings. The fourth-order valence-corrected chi connectivity index (χ4v) is 3.58. The zero-order valence-corrected chi connectivity index (χ0v) is 14.0. The van der Waals surface area contributed by atoms with Crippen LogP contribution in [0.4, 0.5) is 5.82 Å². The van der Waals surface area contributed by atoms with E-state index in [1.165, 1.54) is 5.56 Å². The Labute approximate surface area is 137 Å². The molecule has 2 unspecified atom stereocenters. The number of aromatic nitrogens is 1. The van der Waals surface area contributed by atoms with E-state index in [2.05, 4.69) is 16.0 Å². The fraction of sp³-hybridized carbons (Fsp3) is 0.647. The topological polar surface area (TPSA) is 71.7 Å². The van der Waals surface area contributed by atoms with Crippen molar-refractivity contribution < 1.29 is 9.53 Å². The number of carbonyl (C=O) groups is 1. The molecule has 3 rings (SSSR count). The minimum absolute atomic E-state index is 0.213. The van der Waals surface area contributed by atoms with Gasteiger partial charge in [-0.05, 0) is 30.4 Å². The number of hydrogen-bond donors (Lipinski definition) is 1. The number of carbonyl (C=O) groups excluding carboxylic acids is 1. The number of amides is 1. The Hall–Kier alpha value is -1.66. The van der Waals surface area contributed by atoms with Crippen molar-refractivity contribution in [1.29, 1.82) is 0 Å². The van der Waals surface area contributed by atoms with E-state index in [1.807, 2.05) is 18.0 Å². The number of methoxy groups -OCH3 is 1. The highest BCUT2D eigenvalue weighted by Gasteiger charge is 2.28. The second-order valence-electron chi connectivity index (χ2n) is 6.66. The maximum atomic E-state index is 12.0. The van der Waals surface area contributed by atoms with Gasteiger partial charge in [0.25, 0.3) is 0 Å². The average Bonchev–Trinajstić information content (AvgIpc) is 2.98. The maximum absolute atomic E-state index is 12.0. The quantitative estimate of drug-likeness (QED) is 0.904. The van der Waals surface area contributed by atoms with Crippen molar-refractivity contribution >= 4 is 11.7 Å². The Balaban J connectivity index is 1.77. The van der Waals surface area contributed by atoms with E-state index in [1.54, 1.807) is 7.11 Å². The summed E-state index contributed by atoms with van der Waals surface area (Å²) in [4.78, 5) is 20.8. The third-order valence-electron chi connectivity index (χ3n) is 5.07. The van der Waals surface area contributed by atoms with Gasteiger partial charge < -0.3 is 15.4 Å². The van der Waals surface area contributed by atoms with Gasteiger partial charge in [0.1, 0.15) is 5.82 Å². The predicted molar refractivity (Wildman–Crippen MR) is 89.0 cm³/mol. The molecule has 1 aromatic heterocycles. The van der Waals surface area contributed by atoms with Crippen LogP contribution in [0.3, 0.4) is 0 Å². The number of rotatable bonds is 4. The van der Waals surface area contributed by atoms with Crippen LogP contribution in [0, 0.1) is 0 Å². The summed E-state index contributed by atoms with van der Waals surface area (Å²) in [6.07, 6.45) is 2.92. The molecule has 23 heavy (non-hydrogen) atoms. The van der Waals surface area contributed by atoms with Crippen LogP contribution in [0.1, 0.15) is 36.4 Å². The molecule has 2 aliphatic rings. The summed E-state index contributed by atoms with van der Waals surface area (Å²) >= 11 is 0. The Morgan fingerprint density at radius 1 is 1.35 bits per heavy atom. The highest BCUT2D eigenvalue weighted by molar-refractivity contribution is 5.77. The summed E-state index contributed by atoms with van der Waals surface area (Å²) in [5, 5.41) is 0. The molecule has 2 N–H and O–H groups in total. The number of likely N-dealkylation sites (tertiary alicyclic amines) is 2. The van der Waals surface area contributed by atoms with Crippen LogP contribution in [0.25, 0.3) is 0 Å². The van der Waals surface area contributed by atoms with Crippen molar-refractivity contribution in [2.75, 3.05) is 39.5 Å². The summed E-state index contributed by atoms with van der Waals surface area (Å²) in [7, 11) is 3.64. The van der Waals surface area contributed by atoms with Crippen LogP contribution in [-0.2, 0) is 16.1 Å². The van der Waals surface area contributed by atoms with Crippen LogP contribution in [-0.4, -0.2) is 60.6 Å². The molecule has 3 heterocycles. The van der Waals surface area contributed by atoms with Crippen molar-refractivity contribution in [3.05, 3.63) is 23.4 Å². The molecule has 6 heteroatoms. The number of pyridine rings is 1. The molecule has 0 spiro atoms. The molecule has 0 saturated carbocycles. The Kier molecular flexibility index (Phi) is 4.82. The lowest BCUT2D eigenvalue weighted by molar-refractivity contribution is -0.132. The van der Waals surface area contributed by atoms with Gasteiger partial charge in [0.05, 0.1) is 11.8 Å². The van der Waals surface area contributed by atoms with Crippen molar-refractivity contribution in [1.82, 2.24) is 14.8 Å². The van der Waals surface area contributed by atoms with E-state index in [4.69, 9.17) is 10.5 Å². The van der Waals surface area contributed by atoms with Crippen LogP contribution >= 0.6 is 0 Å². The van der Waals surface area contributed by atoms with E-state index >= 15 is 0 Å². The van der Waals surface area contributed by atoms with E-state index < -0.39 is 0 Å². The van der Waals surface area contributed by atoms with Gasteiger partial charge in [0.2, 0.25) is 5.91 Å². The Morgan fingerprint density at radius 3 is 2.87 bits per heavy atom. The molecule has 1 amide bonds. The van der Waals surface area contributed by atoms with Crippen molar-refractivity contribution in [3.8, 4) is 0 Å². The standard InChI is InChI=1S/C17H26N4O2/c1-20-7-5-12(9-17(20)22)14-3-4-16(18)19-15(14)11-21-8-6-13(10-21)23-2/h3-4,12-13H,5-11H2,1-2H3,(H2,18,19). The summed E-state index contributed by atoms with van der Waals surface area (Å²) in [5.74, 6) is 1.01. The van der Waals surface area contributed by atoms with Gasteiger partial charge >= 0.3 is 0 Å². The number of ether oxygens (including phenoxy) is 1. The molecule has 2 aliphatic heterocycles. The Morgan fingerprint density at radius 2 is 2.17 bits per heavy atom. The monoisotopic (exact) mass is 318 g/mol. The third-order valence-corrected chi connectivity index (χ3v) is 5.07. The summed E-state index contributed by atoms with van der Waals surface area (Å²) in [6.45, 7) is 3.53. The lowest BCUT2D eigenvalue weighted by Crippen LogP contribution is -2.35. The lowest BCUT2D eigenvalue weighted by Gasteiger charge is -2.30. The molecule has 0 aliphatic carbocycles. The fourth-order valence-electron chi connectivity index (χ4n) is 3.58. The minimum Gasteiger partial charge on any atom is -0.384 e. The smallest absolute Gasteiger partial charge is 0.222 e. The molecule has 0 aromatic carbocycles. The highest BCUT2D eigenvalue weighted by atomic mass is 16.5. The van der Waals surface area contributed by atoms with Gasteiger partial charge in [-0.1, -0.05) is 6.07 Å². The number of anilines is 1. The highest BCUT2D eigenvalue weighted by Crippen LogP contribution is 2.31. The molecule has 0 radical (unpaired) electrons. The normalized spacial score (nSPS) is 26.0. The first-order valence-corrected chi connectivity index (χ1v) is 8.31. The summed E-state index contributed by atoms with van der Waals surface area (Å²) in [6, 6.07) is 3.91. The maximum Gasteiger partial charge on any atom is 0.222 e. The van der Waals surface area contributed by atoms with Gasteiger partial charge in [-0.2, -0.15) is 0 Å². The van der Waals surface area contributed by atoms with Crippen LogP contribution < -0.4 is 5.73 Å². The lowest BCUT2D eigenvalue weighted by atomic mass is 9.88. The SMILES string of the molecule is COC1CCN(Cc2nc(N)ccc2C2CCN(C)C(=O)C2)C1. The number of nitrogens with zero attached hydrogens (tertiary/aromatic N) is 3. The van der Waals surface area contributed by atoms with Gasteiger partial charge in [0.15, 0.2) is 0 Å². The van der Waals surface area contributed by atoms with Crippen molar-refractivity contribution in [3.63, 3.8) is 0 Å². The van der Waals surface area contributed by atoms with Gasteiger partial charge in [-0.25, -0.2) is 4.98 Å². The van der Waals surface area contributed by atoms with Crippen molar-refractivity contribution in [2.24, 2.45) is 0 Å². The number of hydrogen-bond acceptors (Lipinski definition) is 5. The number of piperidine rings is 1. The molecule has 2 atom stereocenters. The first kappa shape index (κ1) is 16.2. The molecule has 0 bridgehead atoms. The summed E-state index contributed by atoms with van der Waals surface area (Å²) in [5.41, 5.74) is 8.10. The van der Waals surface area contributed by atoms with Crippen molar-refractivity contribution in [2.45, 2.75) is 37.8 Å². The number of nitrogens with two attached hydrogens (primary N) is 1. The molecular weight excluding hydrogens is 292 g/mol. The van der Waals surface area contributed by atoms with Gasteiger partial charge in [-0.15, -0.1) is 0 Å². The minimum atomic E-state index is 0.213. The van der Waals surface area contributed by atoms with E-state index in [-0.39, 0.29) is 11.8 Å². The van der Waals surface area contributed by atoms with E-state index in [0.717, 1.165) is 44.7 Å². The predicted octanol–water partition coefficient (Wildman–Crippen LogP) is 1.22. The molecule has 2 saturated heterocycles. The summed E-state index contributed by atoms with van der Waals surface area (Å²) < 4.78 is 5.44. The van der Waals surface area contributed by atoms with Gasteiger partial charge in [0, 0.05) is 46.8 Å². The van der Waals surface area contributed by atoms with E-state index in [0.29, 0.717) is 18.3 Å². The zero-order chi connectivity index (χ0) is 16.4. The first-order valence-electron chi connectivity index (χ1n) is 8.31. The van der Waals surface area contributed by atoms with Crippen LogP contribution in [0.2, 0.25) is 0 Å². The van der Waals surface area contributed by atoms with Crippen LogP contribution in [0.5, 0.6) is 0 Å². The van der Waals surface area contributed by atoms with Crippen LogP contribution in [0.15, 0.2) is 12.1 Å². The molecule has 126 valence electrons. The molecule has 6 nitrogen and oxygen atoms in total. The van der Waals surface area contributed by atoms with E-state index in [9.17, 15) is 4.79 Å². The zero-order valence-electron chi connectivity index (χ0n) is 14.0. The molecular formula is C17H26N4O2. The Bertz CT molecular complexity index is 578. The largest absolute Gasteiger partial charge is 0.384 e.